The number of aromatic nitrogens is 2. The third-order valence-corrected chi connectivity index (χ3v) is 3.61. The highest BCUT2D eigenvalue weighted by Gasteiger charge is 2.16. The molecule has 0 atom stereocenters. The van der Waals surface area contributed by atoms with Gasteiger partial charge in [-0.2, -0.15) is 0 Å². The Morgan fingerprint density at radius 1 is 1.24 bits per heavy atom. The van der Waals surface area contributed by atoms with Crippen molar-refractivity contribution in [2.45, 2.75) is 33.4 Å². The molecule has 0 fully saturated rings. The average Bonchev–Trinajstić information content (AvgIpc) is 2.47. The molecule has 17 heavy (non-hydrogen) atoms. The summed E-state index contributed by atoms with van der Waals surface area (Å²) in [6.45, 7) is 4.56. The number of hydrogen-bond donors (Lipinski definition) is 1. The molecule has 0 radical (unpaired) electrons. The molecule has 0 spiro atoms. The summed E-state index contributed by atoms with van der Waals surface area (Å²) in [6, 6.07) is 0. The zero-order valence-electron chi connectivity index (χ0n) is 10.4. The van der Waals surface area contributed by atoms with Gasteiger partial charge in [-0.05, 0) is 13.3 Å². The molecule has 1 aromatic heterocycles. The summed E-state index contributed by atoms with van der Waals surface area (Å²) < 4.78 is 25.4. The van der Waals surface area contributed by atoms with E-state index in [2.05, 4.69) is 0 Å². The van der Waals surface area contributed by atoms with Gasteiger partial charge in [0.15, 0.2) is 0 Å². The van der Waals surface area contributed by atoms with Crippen molar-refractivity contribution in [3.63, 3.8) is 0 Å². The second-order valence-corrected chi connectivity index (χ2v) is 6.25. The first-order chi connectivity index (χ1) is 7.81. The maximum absolute atomic E-state index is 11.9. The summed E-state index contributed by atoms with van der Waals surface area (Å²) in [4.78, 5) is 11.9. The van der Waals surface area contributed by atoms with Crippen LogP contribution in [0.2, 0.25) is 0 Å². The summed E-state index contributed by atoms with van der Waals surface area (Å²) in [6.07, 6.45) is 1.81. The van der Waals surface area contributed by atoms with Gasteiger partial charge in [-0.1, -0.05) is 6.92 Å². The molecule has 0 aliphatic rings. The number of rotatable bonds is 5. The van der Waals surface area contributed by atoms with Crippen molar-refractivity contribution in [2.24, 2.45) is 0 Å². The molecular weight excluding hydrogens is 242 g/mol. The number of nitrogen functional groups attached to an aromatic ring is 1. The molecule has 0 aromatic carbocycles. The molecule has 0 aliphatic heterocycles. The van der Waals surface area contributed by atoms with Crippen molar-refractivity contribution in [1.29, 1.82) is 0 Å². The molecule has 2 N–H and O–H groups in total. The van der Waals surface area contributed by atoms with Crippen LogP contribution in [-0.2, 0) is 29.3 Å². The van der Waals surface area contributed by atoms with Gasteiger partial charge in [-0.15, -0.1) is 0 Å². The first-order valence-corrected chi connectivity index (χ1v) is 7.63. The van der Waals surface area contributed by atoms with Crippen molar-refractivity contribution in [1.82, 2.24) is 9.36 Å². The van der Waals surface area contributed by atoms with Crippen LogP contribution in [0.25, 0.3) is 0 Å². The Bertz CT molecular complexity index is 554. The molecule has 1 aromatic rings. The molecule has 0 saturated carbocycles. The van der Waals surface area contributed by atoms with Gasteiger partial charge in [-0.25, -0.2) is 13.1 Å². The van der Waals surface area contributed by atoms with Crippen LogP contribution in [0, 0.1) is 0 Å². The standard InChI is InChI=1S/C10H19N3O3S/c1-4-8-9(11)10(14)13(12(8)5-2)6-7-17(3,15)16/h4-7,11H2,1-3H3. The summed E-state index contributed by atoms with van der Waals surface area (Å²) in [5.41, 5.74) is 6.42. The van der Waals surface area contributed by atoms with Crippen LogP contribution in [0.5, 0.6) is 0 Å². The van der Waals surface area contributed by atoms with Crippen LogP contribution in [0.1, 0.15) is 19.5 Å². The largest absolute Gasteiger partial charge is 0.393 e. The lowest BCUT2D eigenvalue weighted by molar-refractivity contribution is 0.461. The lowest BCUT2D eigenvalue weighted by Crippen LogP contribution is -2.27. The molecule has 0 aliphatic carbocycles. The van der Waals surface area contributed by atoms with E-state index in [1.165, 1.54) is 4.68 Å². The fourth-order valence-corrected chi connectivity index (χ4v) is 2.37. The lowest BCUT2D eigenvalue weighted by Gasteiger charge is -2.11. The monoisotopic (exact) mass is 261 g/mol. The number of nitrogens with zero attached hydrogens (tertiary/aromatic N) is 2. The van der Waals surface area contributed by atoms with Gasteiger partial charge in [-0.3, -0.25) is 9.48 Å². The van der Waals surface area contributed by atoms with E-state index in [0.717, 1.165) is 11.9 Å². The van der Waals surface area contributed by atoms with Crippen molar-refractivity contribution in [2.75, 3.05) is 17.7 Å². The third-order valence-electron chi connectivity index (χ3n) is 2.69. The predicted molar refractivity (Wildman–Crippen MR) is 67.9 cm³/mol. The second-order valence-electron chi connectivity index (χ2n) is 3.99. The predicted octanol–water partition coefficient (Wildman–Crippen LogP) is -0.141. The minimum atomic E-state index is -3.09. The van der Waals surface area contributed by atoms with E-state index in [-0.39, 0.29) is 23.5 Å². The molecule has 0 amide bonds. The highest BCUT2D eigenvalue weighted by Crippen LogP contribution is 2.09. The Morgan fingerprint density at radius 2 is 1.82 bits per heavy atom. The lowest BCUT2D eigenvalue weighted by atomic mass is 10.3. The molecule has 1 rings (SSSR count). The molecule has 6 nitrogen and oxygen atoms in total. The smallest absolute Gasteiger partial charge is 0.290 e. The van der Waals surface area contributed by atoms with E-state index in [0.29, 0.717) is 13.0 Å². The third kappa shape index (κ3) is 2.91. The van der Waals surface area contributed by atoms with Crippen LogP contribution in [0.4, 0.5) is 5.69 Å². The van der Waals surface area contributed by atoms with Gasteiger partial charge >= 0.3 is 0 Å². The average molecular weight is 261 g/mol. The molecule has 98 valence electrons. The van der Waals surface area contributed by atoms with E-state index >= 15 is 0 Å². The van der Waals surface area contributed by atoms with E-state index in [9.17, 15) is 13.2 Å². The summed E-state index contributed by atoms with van der Waals surface area (Å²) in [5.74, 6) is -0.0560. The molecule has 0 unspecified atom stereocenters. The maximum Gasteiger partial charge on any atom is 0.290 e. The summed E-state index contributed by atoms with van der Waals surface area (Å²) in [5, 5.41) is 0. The first kappa shape index (κ1) is 13.8. The fraction of sp³-hybridized carbons (Fsp3) is 0.700. The molecular formula is C10H19N3O3S. The minimum absolute atomic E-state index is 0.0560. The Hall–Kier alpha value is -1.24. The maximum atomic E-state index is 11.9. The van der Waals surface area contributed by atoms with Gasteiger partial charge < -0.3 is 5.73 Å². The van der Waals surface area contributed by atoms with E-state index in [4.69, 9.17) is 5.73 Å². The molecule has 1 heterocycles. The highest BCUT2D eigenvalue weighted by atomic mass is 32.2. The number of nitrogens with two attached hydrogens (primary N) is 1. The summed E-state index contributed by atoms with van der Waals surface area (Å²) in [7, 11) is -3.09. The van der Waals surface area contributed by atoms with E-state index in [1.54, 1.807) is 4.68 Å². The van der Waals surface area contributed by atoms with Gasteiger partial charge in [0.25, 0.3) is 5.56 Å². The second kappa shape index (κ2) is 4.95. The van der Waals surface area contributed by atoms with Crippen LogP contribution in [0.15, 0.2) is 4.79 Å². The van der Waals surface area contributed by atoms with Gasteiger partial charge in [0.05, 0.1) is 18.0 Å². The Kier molecular flexibility index (Phi) is 4.03. The zero-order valence-corrected chi connectivity index (χ0v) is 11.2. The quantitative estimate of drug-likeness (QED) is 0.799. The SMILES string of the molecule is CCc1c(N)c(=O)n(CCS(C)(=O)=O)n1CC. The Morgan fingerprint density at radius 3 is 2.24 bits per heavy atom. The van der Waals surface area contributed by atoms with Crippen LogP contribution >= 0.6 is 0 Å². The molecule has 0 saturated heterocycles. The van der Waals surface area contributed by atoms with Crippen molar-refractivity contribution in [3.8, 4) is 0 Å². The Balaban J connectivity index is 3.19. The molecule has 7 heteroatoms. The number of anilines is 1. The van der Waals surface area contributed by atoms with Gasteiger partial charge in [0.2, 0.25) is 0 Å². The highest BCUT2D eigenvalue weighted by molar-refractivity contribution is 7.90. The first-order valence-electron chi connectivity index (χ1n) is 5.57. The van der Waals surface area contributed by atoms with Crippen LogP contribution in [0.3, 0.4) is 0 Å². The minimum Gasteiger partial charge on any atom is -0.393 e. The van der Waals surface area contributed by atoms with Gasteiger partial charge in [0, 0.05) is 12.8 Å². The van der Waals surface area contributed by atoms with Crippen molar-refractivity contribution >= 4 is 15.5 Å². The van der Waals surface area contributed by atoms with Crippen LogP contribution in [-0.4, -0.2) is 29.8 Å². The van der Waals surface area contributed by atoms with Crippen molar-refractivity contribution < 1.29 is 8.42 Å². The zero-order chi connectivity index (χ0) is 13.2. The topological polar surface area (TPSA) is 87.1 Å². The molecule has 0 bridgehead atoms. The van der Waals surface area contributed by atoms with E-state index < -0.39 is 9.84 Å². The summed E-state index contributed by atoms with van der Waals surface area (Å²) >= 11 is 0. The van der Waals surface area contributed by atoms with Gasteiger partial charge in [0.1, 0.15) is 15.5 Å². The Labute approximate surface area is 101 Å². The van der Waals surface area contributed by atoms with E-state index in [1.807, 2.05) is 13.8 Å². The van der Waals surface area contributed by atoms with Crippen molar-refractivity contribution in [3.05, 3.63) is 16.0 Å². The fourth-order valence-electron chi connectivity index (χ4n) is 1.87. The normalized spacial score (nSPS) is 11.9. The number of sulfone groups is 1. The number of hydrogen-bond acceptors (Lipinski definition) is 4. The van der Waals surface area contributed by atoms with Crippen LogP contribution < -0.4 is 11.3 Å².